The number of amides is 3. The van der Waals surface area contributed by atoms with Gasteiger partial charge in [-0.1, -0.05) is 37.1 Å². The lowest BCUT2D eigenvalue weighted by atomic mass is 9.92. The van der Waals surface area contributed by atoms with Gasteiger partial charge in [0, 0.05) is 11.6 Å². The number of ether oxygens (including phenoxy) is 1. The molecule has 1 aromatic rings. The number of esters is 1. The lowest BCUT2D eigenvalue weighted by Gasteiger charge is -2.22. The van der Waals surface area contributed by atoms with Crippen LogP contribution in [0.1, 0.15) is 38.7 Å². The summed E-state index contributed by atoms with van der Waals surface area (Å²) in [5.74, 6) is -0.805. The van der Waals surface area contributed by atoms with Crippen LogP contribution in [-0.4, -0.2) is 36.0 Å². The van der Waals surface area contributed by atoms with E-state index in [2.05, 4.69) is 5.32 Å². The number of halogens is 1. The van der Waals surface area contributed by atoms with E-state index in [0.717, 1.165) is 17.7 Å². The normalized spacial score (nSPS) is 20.2. The van der Waals surface area contributed by atoms with Crippen LogP contribution in [0.4, 0.5) is 4.79 Å². The highest BCUT2D eigenvalue weighted by Gasteiger charge is 2.48. The molecule has 0 spiro atoms. The van der Waals surface area contributed by atoms with Gasteiger partial charge in [0.2, 0.25) is 0 Å². The molecule has 1 fully saturated rings. The number of nitrogens with zero attached hydrogens (tertiary/aromatic N) is 1. The van der Waals surface area contributed by atoms with E-state index in [1.54, 1.807) is 31.2 Å². The van der Waals surface area contributed by atoms with Gasteiger partial charge in [-0.25, -0.2) is 4.79 Å². The first-order valence-electron chi connectivity index (χ1n) is 7.94. The van der Waals surface area contributed by atoms with Crippen molar-refractivity contribution in [2.24, 2.45) is 0 Å². The minimum Gasteiger partial charge on any atom is -0.466 e. The Morgan fingerprint density at radius 3 is 2.58 bits per heavy atom. The molecule has 0 unspecified atom stereocenters. The highest BCUT2D eigenvalue weighted by Crippen LogP contribution is 2.29. The number of unbranched alkanes of at least 4 members (excludes halogenated alkanes) is 1. The average molecular weight is 353 g/mol. The van der Waals surface area contributed by atoms with Crippen molar-refractivity contribution >= 4 is 29.5 Å². The molecule has 0 aliphatic carbocycles. The number of benzene rings is 1. The zero-order valence-electron chi connectivity index (χ0n) is 13.8. The van der Waals surface area contributed by atoms with Crippen molar-refractivity contribution in [1.29, 1.82) is 0 Å². The Bertz CT molecular complexity index is 632. The molecule has 1 atom stereocenters. The third kappa shape index (κ3) is 3.87. The molecular formula is C17H21ClN2O4. The molecule has 7 heteroatoms. The molecule has 24 heavy (non-hydrogen) atoms. The topological polar surface area (TPSA) is 75.7 Å². The Morgan fingerprint density at radius 2 is 1.96 bits per heavy atom. The molecule has 0 radical (unpaired) electrons. The smallest absolute Gasteiger partial charge is 0.325 e. The Morgan fingerprint density at radius 1 is 1.29 bits per heavy atom. The third-order valence-corrected chi connectivity index (χ3v) is 4.25. The molecule has 1 N–H and O–H groups in total. The third-order valence-electron chi connectivity index (χ3n) is 4.00. The minimum atomic E-state index is -1.16. The second-order valence-corrected chi connectivity index (χ2v) is 6.28. The highest BCUT2D eigenvalue weighted by molar-refractivity contribution is 6.30. The zero-order valence-corrected chi connectivity index (χ0v) is 14.6. The van der Waals surface area contributed by atoms with E-state index < -0.39 is 23.4 Å². The molecule has 1 aliphatic rings. The number of urea groups is 1. The number of nitrogens with one attached hydrogen (secondary N) is 1. The highest BCUT2D eigenvalue weighted by atomic mass is 35.5. The van der Waals surface area contributed by atoms with E-state index >= 15 is 0 Å². The summed E-state index contributed by atoms with van der Waals surface area (Å²) in [4.78, 5) is 37.5. The van der Waals surface area contributed by atoms with E-state index in [0.29, 0.717) is 17.2 Å². The zero-order chi connectivity index (χ0) is 17.7. The van der Waals surface area contributed by atoms with Gasteiger partial charge in [0.25, 0.3) is 5.91 Å². The Balaban J connectivity index is 2.01. The second-order valence-electron chi connectivity index (χ2n) is 5.84. The molecule has 2 rings (SSSR count). The van der Waals surface area contributed by atoms with Crippen LogP contribution in [0.3, 0.4) is 0 Å². The number of hydrogen-bond acceptors (Lipinski definition) is 4. The summed E-state index contributed by atoms with van der Waals surface area (Å²) in [6.45, 7) is 3.99. The van der Waals surface area contributed by atoms with Gasteiger partial charge in [0.05, 0.1) is 13.0 Å². The summed E-state index contributed by atoms with van der Waals surface area (Å²) in [5, 5.41) is 3.23. The predicted molar refractivity (Wildman–Crippen MR) is 89.5 cm³/mol. The van der Waals surface area contributed by atoms with Crippen molar-refractivity contribution in [2.45, 2.75) is 38.6 Å². The van der Waals surface area contributed by atoms with Gasteiger partial charge >= 0.3 is 12.0 Å². The summed E-state index contributed by atoms with van der Waals surface area (Å²) in [5.41, 5.74) is -0.522. The summed E-state index contributed by atoms with van der Waals surface area (Å²) in [6, 6.07) is 6.20. The minimum absolute atomic E-state index is 0.00119. The average Bonchev–Trinajstić information content (AvgIpc) is 2.77. The maximum atomic E-state index is 12.7. The van der Waals surface area contributed by atoms with Crippen molar-refractivity contribution in [2.75, 3.05) is 13.2 Å². The van der Waals surface area contributed by atoms with Gasteiger partial charge in [-0.05, 0) is 31.0 Å². The number of imide groups is 1. The van der Waals surface area contributed by atoms with Crippen molar-refractivity contribution in [3.05, 3.63) is 34.9 Å². The lowest BCUT2D eigenvalue weighted by molar-refractivity contribution is -0.144. The summed E-state index contributed by atoms with van der Waals surface area (Å²) in [6.07, 6.45) is 1.71. The summed E-state index contributed by atoms with van der Waals surface area (Å²) in [7, 11) is 0. The largest absolute Gasteiger partial charge is 0.466 e. The molecule has 3 amide bonds. The monoisotopic (exact) mass is 352 g/mol. The second kappa shape index (κ2) is 7.66. The van der Waals surface area contributed by atoms with Gasteiger partial charge in [0.15, 0.2) is 0 Å². The first kappa shape index (κ1) is 18.3. The summed E-state index contributed by atoms with van der Waals surface area (Å²) >= 11 is 5.86. The van der Waals surface area contributed by atoms with Gasteiger partial charge in [0.1, 0.15) is 5.54 Å². The quantitative estimate of drug-likeness (QED) is 0.465. The SMILES string of the molecule is CCCCOC(=O)CCN1C(=O)N[C@@](C)(c2ccc(Cl)cc2)C1=O. The van der Waals surface area contributed by atoms with Crippen molar-refractivity contribution < 1.29 is 19.1 Å². The lowest BCUT2D eigenvalue weighted by Crippen LogP contribution is -2.41. The molecule has 0 saturated carbocycles. The van der Waals surface area contributed by atoms with E-state index in [-0.39, 0.29) is 13.0 Å². The molecule has 1 aliphatic heterocycles. The van der Waals surface area contributed by atoms with Crippen molar-refractivity contribution in [3.8, 4) is 0 Å². The molecule has 6 nitrogen and oxygen atoms in total. The van der Waals surface area contributed by atoms with Crippen LogP contribution in [0, 0.1) is 0 Å². The number of carbonyl (C=O) groups excluding carboxylic acids is 3. The van der Waals surface area contributed by atoms with E-state index in [1.807, 2.05) is 6.92 Å². The molecule has 0 bridgehead atoms. The van der Waals surface area contributed by atoms with Crippen molar-refractivity contribution in [1.82, 2.24) is 10.2 Å². The maximum Gasteiger partial charge on any atom is 0.325 e. The van der Waals surface area contributed by atoms with E-state index in [9.17, 15) is 14.4 Å². The van der Waals surface area contributed by atoms with Gasteiger partial charge in [-0.3, -0.25) is 14.5 Å². The van der Waals surface area contributed by atoms with Crippen LogP contribution in [0.15, 0.2) is 24.3 Å². The van der Waals surface area contributed by atoms with E-state index in [1.165, 1.54) is 0 Å². The standard InChI is InChI=1S/C17H21ClN2O4/c1-3-4-11-24-14(21)9-10-20-15(22)17(2,19-16(20)23)12-5-7-13(18)8-6-12/h5-8H,3-4,9-11H2,1-2H3,(H,19,23)/t17-/m0/s1. The Kier molecular flexibility index (Phi) is 5.83. The maximum absolute atomic E-state index is 12.7. The van der Waals surface area contributed by atoms with Gasteiger partial charge < -0.3 is 10.1 Å². The molecule has 1 heterocycles. The number of carbonyl (C=O) groups is 3. The van der Waals surface area contributed by atoms with Gasteiger partial charge in [-0.15, -0.1) is 0 Å². The number of hydrogen-bond donors (Lipinski definition) is 1. The van der Waals surface area contributed by atoms with E-state index in [4.69, 9.17) is 16.3 Å². The van der Waals surface area contributed by atoms with Gasteiger partial charge in [-0.2, -0.15) is 0 Å². The molecule has 1 aromatic carbocycles. The molecule has 0 aromatic heterocycles. The van der Waals surface area contributed by atoms with Crippen LogP contribution < -0.4 is 5.32 Å². The van der Waals surface area contributed by atoms with Crippen LogP contribution in [0.25, 0.3) is 0 Å². The number of rotatable bonds is 7. The first-order chi connectivity index (χ1) is 11.4. The van der Waals surface area contributed by atoms with Crippen LogP contribution >= 0.6 is 11.6 Å². The predicted octanol–water partition coefficient (Wildman–Crippen LogP) is 2.84. The van der Waals surface area contributed by atoms with Crippen LogP contribution in [0.2, 0.25) is 5.02 Å². The summed E-state index contributed by atoms with van der Waals surface area (Å²) < 4.78 is 5.04. The fraction of sp³-hybridized carbons (Fsp3) is 0.471. The fourth-order valence-electron chi connectivity index (χ4n) is 2.48. The first-order valence-corrected chi connectivity index (χ1v) is 8.32. The van der Waals surface area contributed by atoms with Crippen LogP contribution in [-0.2, 0) is 19.9 Å². The molecular weight excluding hydrogens is 332 g/mol. The molecule has 130 valence electrons. The van der Waals surface area contributed by atoms with Crippen molar-refractivity contribution in [3.63, 3.8) is 0 Å². The molecule has 1 saturated heterocycles. The fourth-order valence-corrected chi connectivity index (χ4v) is 2.61. The Labute approximate surface area is 146 Å². The van der Waals surface area contributed by atoms with Crippen LogP contribution in [0.5, 0.6) is 0 Å². The Hall–Kier alpha value is -2.08.